The van der Waals surface area contributed by atoms with Gasteiger partial charge in [0.1, 0.15) is 0 Å². The first-order valence-corrected chi connectivity index (χ1v) is 6.47. The highest BCUT2D eigenvalue weighted by atomic mass is 16.5. The van der Waals surface area contributed by atoms with Crippen LogP contribution in [0.1, 0.15) is 34.9 Å². The summed E-state index contributed by atoms with van der Waals surface area (Å²) in [6.07, 6.45) is 1.40. The van der Waals surface area contributed by atoms with Gasteiger partial charge in [0.25, 0.3) is 0 Å². The standard InChI is InChI=1S/C14H15N3O4/c1-9-15-13(21-17-9)7-3-6-12(18)16-11-5-2-4-10(8-11)14(19)20/h2,4-5,8H,3,6-7H2,1H3,(H,16,18)(H,19,20). The molecule has 7 nitrogen and oxygen atoms in total. The Balaban J connectivity index is 1.81. The van der Waals surface area contributed by atoms with Crippen molar-refractivity contribution >= 4 is 17.6 Å². The predicted octanol–water partition coefficient (Wildman–Crippen LogP) is 2.04. The third-order valence-corrected chi connectivity index (χ3v) is 2.76. The molecular weight excluding hydrogens is 274 g/mol. The van der Waals surface area contributed by atoms with Crippen molar-refractivity contribution in [1.29, 1.82) is 0 Å². The quantitative estimate of drug-likeness (QED) is 0.843. The van der Waals surface area contributed by atoms with Gasteiger partial charge in [0, 0.05) is 18.5 Å². The highest BCUT2D eigenvalue weighted by Gasteiger charge is 2.08. The van der Waals surface area contributed by atoms with Crippen LogP contribution in [0, 0.1) is 6.92 Å². The van der Waals surface area contributed by atoms with E-state index in [1.807, 2.05) is 0 Å². The summed E-state index contributed by atoms with van der Waals surface area (Å²) in [7, 11) is 0. The number of hydrogen-bond acceptors (Lipinski definition) is 5. The molecule has 7 heteroatoms. The third kappa shape index (κ3) is 4.41. The Hall–Kier alpha value is -2.70. The molecule has 0 radical (unpaired) electrons. The van der Waals surface area contributed by atoms with Crippen LogP contribution in [-0.2, 0) is 11.2 Å². The number of rotatable bonds is 6. The number of nitrogens with zero attached hydrogens (tertiary/aromatic N) is 2. The Kier molecular flexibility index (Phi) is 4.65. The van der Waals surface area contributed by atoms with E-state index in [-0.39, 0.29) is 11.5 Å². The fourth-order valence-corrected chi connectivity index (χ4v) is 1.80. The molecule has 1 aromatic heterocycles. The number of carbonyl (C=O) groups excluding carboxylic acids is 1. The van der Waals surface area contributed by atoms with E-state index in [4.69, 9.17) is 9.63 Å². The molecule has 110 valence electrons. The zero-order valence-corrected chi connectivity index (χ0v) is 11.5. The van der Waals surface area contributed by atoms with E-state index in [1.165, 1.54) is 12.1 Å². The minimum absolute atomic E-state index is 0.133. The van der Waals surface area contributed by atoms with E-state index in [0.29, 0.717) is 36.7 Å². The van der Waals surface area contributed by atoms with E-state index in [1.54, 1.807) is 19.1 Å². The van der Waals surface area contributed by atoms with Crippen LogP contribution >= 0.6 is 0 Å². The van der Waals surface area contributed by atoms with Crippen LogP contribution in [-0.4, -0.2) is 27.1 Å². The van der Waals surface area contributed by atoms with Gasteiger partial charge in [-0.1, -0.05) is 11.2 Å². The van der Waals surface area contributed by atoms with E-state index in [0.717, 1.165) is 0 Å². The molecule has 2 N–H and O–H groups in total. The molecule has 0 unspecified atom stereocenters. The lowest BCUT2D eigenvalue weighted by Gasteiger charge is -2.05. The van der Waals surface area contributed by atoms with Gasteiger partial charge >= 0.3 is 5.97 Å². The van der Waals surface area contributed by atoms with Gasteiger partial charge in [0.15, 0.2) is 5.82 Å². The maximum Gasteiger partial charge on any atom is 0.335 e. The van der Waals surface area contributed by atoms with E-state index >= 15 is 0 Å². The van der Waals surface area contributed by atoms with E-state index in [9.17, 15) is 9.59 Å². The maximum atomic E-state index is 11.8. The first-order chi connectivity index (χ1) is 10.0. The summed E-state index contributed by atoms with van der Waals surface area (Å²) < 4.78 is 4.95. The SMILES string of the molecule is Cc1noc(CCCC(=O)Nc2cccc(C(=O)O)c2)n1. The number of aromatic nitrogens is 2. The van der Waals surface area contributed by atoms with Crippen molar-refractivity contribution < 1.29 is 19.2 Å². The van der Waals surface area contributed by atoms with Gasteiger partial charge in [-0.3, -0.25) is 4.79 Å². The van der Waals surface area contributed by atoms with Gasteiger partial charge in [-0.2, -0.15) is 4.98 Å². The number of nitrogens with one attached hydrogen (secondary N) is 1. The van der Waals surface area contributed by atoms with Crippen molar-refractivity contribution in [3.05, 3.63) is 41.5 Å². The van der Waals surface area contributed by atoms with Crippen LogP contribution in [0.5, 0.6) is 0 Å². The van der Waals surface area contributed by atoms with Gasteiger partial charge in [0.05, 0.1) is 5.56 Å². The van der Waals surface area contributed by atoms with Crippen molar-refractivity contribution in [3.8, 4) is 0 Å². The zero-order valence-electron chi connectivity index (χ0n) is 11.5. The Morgan fingerprint density at radius 2 is 2.19 bits per heavy atom. The molecular formula is C14H15N3O4. The second kappa shape index (κ2) is 6.65. The summed E-state index contributed by atoms with van der Waals surface area (Å²) in [6, 6.07) is 6.11. The summed E-state index contributed by atoms with van der Waals surface area (Å²) in [5, 5.41) is 15.2. The lowest BCUT2D eigenvalue weighted by Crippen LogP contribution is -2.12. The molecule has 2 rings (SSSR count). The van der Waals surface area contributed by atoms with Gasteiger partial charge in [-0.25, -0.2) is 4.79 Å². The molecule has 1 heterocycles. The molecule has 0 atom stereocenters. The average Bonchev–Trinajstić information content (AvgIpc) is 2.84. The zero-order chi connectivity index (χ0) is 15.2. The first kappa shape index (κ1) is 14.7. The van der Waals surface area contributed by atoms with Crippen LogP contribution in [0.4, 0.5) is 5.69 Å². The van der Waals surface area contributed by atoms with Crippen LogP contribution < -0.4 is 5.32 Å². The maximum absolute atomic E-state index is 11.8. The molecule has 0 fully saturated rings. The number of aromatic carboxylic acids is 1. The molecule has 0 spiro atoms. The van der Waals surface area contributed by atoms with E-state index < -0.39 is 5.97 Å². The van der Waals surface area contributed by atoms with Crippen molar-refractivity contribution in [2.75, 3.05) is 5.32 Å². The fraction of sp³-hybridized carbons (Fsp3) is 0.286. The molecule has 1 aromatic carbocycles. The summed E-state index contributed by atoms with van der Waals surface area (Å²) in [5.41, 5.74) is 0.600. The second-order valence-corrected chi connectivity index (χ2v) is 4.52. The number of benzene rings is 1. The van der Waals surface area contributed by atoms with Gasteiger partial charge in [0.2, 0.25) is 11.8 Å². The highest BCUT2D eigenvalue weighted by Crippen LogP contribution is 2.12. The number of carboxylic acid groups (broad SMARTS) is 1. The van der Waals surface area contributed by atoms with Gasteiger partial charge < -0.3 is 14.9 Å². The number of amides is 1. The minimum atomic E-state index is -1.03. The highest BCUT2D eigenvalue weighted by molar-refractivity contribution is 5.93. The lowest BCUT2D eigenvalue weighted by atomic mass is 10.2. The largest absolute Gasteiger partial charge is 0.478 e. The van der Waals surface area contributed by atoms with Crippen LogP contribution in [0.15, 0.2) is 28.8 Å². The normalized spacial score (nSPS) is 10.3. The minimum Gasteiger partial charge on any atom is -0.478 e. The molecule has 21 heavy (non-hydrogen) atoms. The molecule has 0 saturated carbocycles. The molecule has 0 saturated heterocycles. The Morgan fingerprint density at radius 3 is 2.86 bits per heavy atom. The number of anilines is 1. The van der Waals surface area contributed by atoms with Crippen molar-refractivity contribution in [2.45, 2.75) is 26.2 Å². The Labute approximate surface area is 121 Å². The average molecular weight is 289 g/mol. The predicted molar refractivity (Wildman–Crippen MR) is 74.0 cm³/mol. The number of carbonyl (C=O) groups is 2. The first-order valence-electron chi connectivity index (χ1n) is 6.47. The number of carboxylic acids is 1. The van der Waals surface area contributed by atoms with Crippen molar-refractivity contribution in [2.24, 2.45) is 0 Å². The van der Waals surface area contributed by atoms with Crippen molar-refractivity contribution in [1.82, 2.24) is 10.1 Å². The van der Waals surface area contributed by atoms with Crippen LogP contribution in [0.2, 0.25) is 0 Å². The summed E-state index contributed by atoms with van der Waals surface area (Å²) in [5.74, 6) is -0.139. The Bertz CT molecular complexity index is 651. The van der Waals surface area contributed by atoms with Crippen molar-refractivity contribution in [3.63, 3.8) is 0 Å². The number of aryl methyl sites for hydroxylation is 2. The monoisotopic (exact) mass is 289 g/mol. The molecule has 0 aliphatic heterocycles. The Morgan fingerprint density at radius 1 is 1.38 bits per heavy atom. The summed E-state index contributed by atoms with van der Waals surface area (Å²) in [4.78, 5) is 26.6. The second-order valence-electron chi connectivity index (χ2n) is 4.52. The van der Waals surface area contributed by atoms with Gasteiger partial charge in [-0.05, 0) is 31.5 Å². The lowest BCUT2D eigenvalue weighted by molar-refractivity contribution is -0.116. The molecule has 0 aliphatic rings. The topological polar surface area (TPSA) is 105 Å². The molecule has 2 aromatic rings. The molecule has 0 bridgehead atoms. The van der Waals surface area contributed by atoms with Crippen LogP contribution in [0.3, 0.4) is 0 Å². The van der Waals surface area contributed by atoms with Crippen LogP contribution in [0.25, 0.3) is 0 Å². The van der Waals surface area contributed by atoms with E-state index in [2.05, 4.69) is 15.5 Å². The summed E-state index contributed by atoms with van der Waals surface area (Å²) >= 11 is 0. The fourth-order valence-electron chi connectivity index (χ4n) is 1.80. The molecule has 0 aliphatic carbocycles. The smallest absolute Gasteiger partial charge is 0.335 e. The number of hydrogen-bond donors (Lipinski definition) is 2. The third-order valence-electron chi connectivity index (χ3n) is 2.76. The van der Waals surface area contributed by atoms with Gasteiger partial charge in [-0.15, -0.1) is 0 Å². The summed E-state index contributed by atoms with van der Waals surface area (Å²) in [6.45, 7) is 1.73. The molecule has 1 amide bonds.